The Morgan fingerprint density at radius 3 is 2.51 bits per heavy atom. The third-order valence-corrected chi connectivity index (χ3v) is 10.2. The number of aromatic nitrogens is 2. The van der Waals surface area contributed by atoms with E-state index < -0.39 is 5.82 Å². The van der Waals surface area contributed by atoms with Gasteiger partial charge in [0.15, 0.2) is 0 Å². The zero-order chi connectivity index (χ0) is 29.1. The van der Waals surface area contributed by atoms with Crippen molar-refractivity contribution in [3.05, 3.63) is 59.8 Å². The second-order valence-corrected chi connectivity index (χ2v) is 13.1. The zero-order valence-corrected chi connectivity index (χ0v) is 26.1. The Balaban J connectivity index is 1.32. The summed E-state index contributed by atoms with van der Waals surface area (Å²) in [7, 11) is 4.10. The number of carbonyl (C=O) groups is 1. The highest BCUT2D eigenvalue weighted by molar-refractivity contribution is 7.96. The quantitative estimate of drug-likeness (QED) is 0.276. The fourth-order valence-corrected chi connectivity index (χ4v) is 7.52. The van der Waals surface area contributed by atoms with Crippen LogP contribution in [0.15, 0.2) is 42.9 Å². The number of pyridine rings is 1. The Labute approximate surface area is 249 Å². The predicted octanol–water partition coefficient (Wildman–Crippen LogP) is 7.03. The van der Waals surface area contributed by atoms with Gasteiger partial charge in [-0.05, 0) is 120 Å². The second-order valence-electron chi connectivity index (χ2n) is 12.5. The summed E-state index contributed by atoms with van der Waals surface area (Å²) in [6.07, 6.45) is 17.9. The molecule has 8 heteroatoms. The van der Waals surface area contributed by atoms with Crippen molar-refractivity contribution in [2.45, 2.75) is 89.3 Å². The summed E-state index contributed by atoms with van der Waals surface area (Å²) in [5.74, 6) is 0.678. The first-order valence-electron chi connectivity index (χ1n) is 15.3. The van der Waals surface area contributed by atoms with Crippen molar-refractivity contribution >= 4 is 28.8 Å². The molecule has 0 saturated heterocycles. The summed E-state index contributed by atoms with van der Waals surface area (Å²) in [6, 6.07) is 7.95. The third-order valence-electron chi connectivity index (χ3n) is 9.62. The topological polar surface area (TPSA) is 53.4 Å². The van der Waals surface area contributed by atoms with Gasteiger partial charge in [-0.25, -0.2) is 4.39 Å². The first-order chi connectivity index (χ1) is 19.8. The molecule has 0 aliphatic heterocycles. The second kappa shape index (κ2) is 13.3. The lowest BCUT2D eigenvalue weighted by molar-refractivity contribution is 0.0754. The molecule has 2 aliphatic rings. The highest BCUT2D eigenvalue weighted by Gasteiger charge is 2.30. The SMILES string of the molecule is CSNC1CCC(CN(C)C2CCC(c3cn(-c4ccc(F)cc4C(=O)N(C)C(C)C)c4cnccc34)CC2)CC1. The lowest BCUT2D eigenvalue weighted by Crippen LogP contribution is -2.40. The Hall–Kier alpha value is -2.42. The monoisotopic (exact) mass is 579 g/mol. The average Bonchev–Trinajstić information content (AvgIpc) is 3.37. The first kappa shape index (κ1) is 30.1. The number of benzene rings is 1. The van der Waals surface area contributed by atoms with Gasteiger partial charge >= 0.3 is 0 Å². The largest absolute Gasteiger partial charge is 0.339 e. The van der Waals surface area contributed by atoms with Gasteiger partial charge in [-0.3, -0.25) is 14.5 Å². The number of hydrogen-bond donors (Lipinski definition) is 1. The number of nitrogens with zero attached hydrogens (tertiary/aromatic N) is 4. The van der Waals surface area contributed by atoms with Crippen LogP contribution < -0.4 is 4.72 Å². The Bertz CT molecular complexity index is 1330. The van der Waals surface area contributed by atoms with Crippen molar-refractivity contribution in [3.63, 3.8) is 0 Å². The Kier molecular flexibility index (Phi) is 9.72. The van der Waals surface area contributed by atoms with Crippen molar-refractivity contribution in [1.29, 1.82) is 0 Å². The van der Waals surface area contributed by atoms with Gasteiger partial charge in [0.2, 0.25) is 0 Å². The van der Waals surface area contributed by atoms with Gasteiger partial charge in [0.25, 0.3) is 5.91 Å². The highest BCUT2D eigenvalue weighted by Crippen LogP contribution is 2.40. The van der Waals surface area contributed by atoms with Crippen molar-refractivity contribution in [1.82, 2.24) is 24.1 Å². The van der Waals surface area contributed by atoms with E-state index in [4.69, 9.17) is 0 Å². The summed E-state index contributed by atoms with van der Waals surface area (Å²) in [4.78, 5) is 22.1. The van der Waals surface area contributed by atoms with E-state index in [0.29, 0.717) is 29.3 Å². The average molecular weight is 580 g/mol. The van der Waals surface area contributed by atoms with E-state index in [2.05, 4.69) is 44.7 Å². The number of carbonyl (C=O) groups excluding carboxylic acids is 1. The smallest absolute Gasteiger partial charge is 0.256 e. The summed E-state index contributed by atoms with van der Waals surface area (Å²) in [5, 5.41) is 1.17. The minimum absolute atomic E-state index is 0.0118. The van der Waals surface area contributed by atoms with Gasteiger partial charge in [0, 0.05) is 49.5 Å². The van der Waals surface area contributed by atoms with Crippen LogP contribution in [0.4, 0.5) is 4.39 Å². The molecule has 41 heavy (non-hydrogen) atoms. The van der Waals surface area contributed by atoms with Crippen LogP contribution in [0.25, 0.3) is 16.6 Å². The highest BCUT2D eigenvalue weighted by atomic mass is 32.2. The Morgan fingerprint density at radius 2 is 1.83 bits per heavy atom. The molecule has 1 aromatic carbocycles. The first-order valence-corrected chi connectivity index (χ1v) is 16.5. The summed E-state index contributed by atoms with van der Waals surface area (Å²) >= 11 is 1.75. The van der Waals surface area contributed by atoms with Crippen LogP contribution >= 0.6 is 11.9 Å². The third kappa shape index (κ3) is 6.65. The van der Waals surface area contributed by atoms with E-state index in [1.54, 1.807) is 30.0 Å². The molecule has 3 aromatic rings. The minimum Gasteiger partial charge on any atom is -0.339 e. The molecule has 0 radical (unpaired) electrons. The molecule has 2 fully saturated rings. The molecule has 0 spiro atoms. The maximum absolute atomic E-state index is 14.4. The van der Waals surface area contributed by atoms with Gasteiger partial charge in [-0.2, -0.15) is 0 Å². The fraction of sp³-hybridized carbons (Fsp3) is 0.576. The molecule has 0 unspecified atom stereocenters. The molecule has 6 nitrogen and oxygen atoms in total. The summed E-state index contributed by atoms with van der Waals surface area (Å²) < 4.78 is 20.0. The van der Waals surface area contributed by atoms with Crippen LogP contribution in [0.5, 0.6) is 0 Å². The van der Waals surface area contributed by atoms with Crippen molar-refractivity contribution in [3.8, 4) is 5.69 Å². The van der Waals surface area contributed by atoms with Gasteiger partial charge in [-0.1, -0.05) is 11.9 Å². The van der Waals surface area contributed by atoms with E-state index in [9.17, 15) is 9.18 Å². The zero-order valence-electron chi connectivity index (χ0n) is 25.3. The Morgan fingerprint density at radius 1 is 1.10 bits per heavy atom. The van der Waals surface area contributed by atoms with Crippen LogP contribution in [0, 0.1) is 11.7 Å². The van der Waals surface area contributed by atoms with E-state index in [-0.39, 0.29) is 11.9 Å². The molecule has 1 amide bonds. The fourth-order valence-electron chi connectivity index (χ4n) is 6.95. The number of hydrogen-bond acceptors (Lipinski definition) is 5. The van der Waals surface area contributed by atoms with Crippen LogP contribution in [0.3, 0.4) is 0 Å². The molecular weight excluding hydrogens is 533 g/mol. The maximum Gasteiger partial charge on any atom is 0.256 e. The summed E-state index contributed by atoms with van der Waals surface area (Å²) in [6.45, 7) is 5.14. The molecule has 2 aliphatic carbocycles. The lowest BCUT2D eigenvalue weighted by atomic mass is 9.80. The van der Waals surface area contributed by atoms with Crippen LogP contribution in [-0.2, 0) is 0 Å². The number of nitrogens with one attached hydrogen (secondary N) is 1. The number of fused-ring (bicyclic) bond motifs is 1. The molecule has 1 N–H and O–H groups in total. The number of amides is 1. The van der Waals surface area contributed by atoms with Gasteiger partial charge < -0.3 is 14.4 Å². The van der Waals surface area contributed by atoms with Gasteiger partial charge in [-0.15, -0.1) is 0 Å². The molecule has 222 valence electrons. The minimum atomic E-state index is -0.406. The molecule has 2 saturated carbocycles. The summed E-state index contributed by atoms with van der Waals surface area (Å²) in [5.41, 5.74) is 3.34. The molecule has 2 heterocycles. The molecular formula is C33H46FN5OS. The number of halogens is 1. The predicted molar refractivity (Wildman–Crippen MR) is 168 cm³/mol. The van der Waals surface area contributed by atoms with E-state index >= 15 is 0 Å². The van der Waals surface area contributed by atoms with Crippen molar-refractivity contribution < 1.29 is 9.18 Å². The lowest BCUT2D eigenvalue weighted by Gasteiger charge is -2.38. The van der Waals surface area contributed by atoms with Crippen LogP contribution in [-0.4, -0.2) is 70.3 Å². The standard InChI is InChI=1S/C33H46FN5OS/c1-22(2)38(4)33(40)29-18-25(34)10-15-31(29)39-21-30(28-16-17-35-19-32(28)39)24-8-13-27(14-9-24)37(3)20-23-6-11-26(12-7-23)36-41-5/h10,15-19,21-24,26-27,36H,6-9,11-14,20H2,1-5H3. The van der Waals surface area contributed by atoms with E-state index in [0.717, 1.165) is 24.3 Å². The number of rotatable bonds is 9. The van der Waals surface area contributed by atoms with Crippen molar-refractivity contribution in [2.75, 3.05) is 26.9 Å². The van der Waals surface area contributed by atoms with Crippen LogP contribution in [0.1, 0.15) is 87.1 Å². The molecule has 0 atom stereocenters. The van der Waals surface area contributed by atoms with Crippen LogP contribution in [0.2, 0.25) is 0 Å². The molecule has 0 bridgehead atoms. The van der Waals surface area contributed by atoms with E-state index in [1.165, 1.54) is 68.2 Å². The normalized spacial score (nSPS) is 23.4. The van der Waals surface area contributed by atoms with Gasteiger partial charge in [0.1, 0.15) is 5.82 Å². The van der Waals surface area contributed by atoms with Crippen molar-refractivity contribution in [2.24, 2.45) is 5.92 Å². The maximum atomic E-state index is 14.4. The molecule has 5 rings (SSSR count). The van der Waals surface area contributed by atoms with Gasteiger partial charge in [0.05, 0.1) is 23.0 Å². The van der Waals surface area contributed by atoms with E-state index in [1.807, 2.05) is 26.2 Å². The molecule has 2 aromatic heterocycles.